The molecular weight excluding hydrogens is 284 g/mol. The van der Waals surface area contributed by atoms with E-state index in [4.69, 9.17) is 5.73 Å². The highest BCUT2D eigenvalue weighted by Crippen LogP contribution is 2.06. The van der Waals surface area contributed by atoms with Crippen LogP contribution in [0.3, 0.4) is 0 Å². The van der Waals surface area contributed by atoms with E-state index in [0.29, 0.717) is 13.1 Å². The molecule has 5 heteroatoms. The van der Waals surface area contributed by atoms with Gasteiger partial charge in [0.1, 0.15) is 0 Å². The average molecular weight is 299 g/mol. The van der Waals surface area contributed by atoms with Crippen LogP contribution >= 0.6 is 15.9 Å². The molecule has 0 aliphatic rings. The van der Waals surface area contributed by atoms with E-state index in [-0.39, 0.29) is 17.7 Å². The number of carbonyl (C=O) groups is 2. The lowest BCUT2D eigenvalue weighted by Crippen LogP contribution is -2.34. The standard InChI is InChI=1S/C12H15BrN2O2/c13-8-12(17)15(7-6-11(14)16)9-10-4-2-1-3-5-10/h1-5H,6-9H2,(H2,14,16). The molecule has 0 radical (unpaired) electrons. The second-order valence-corrected chi connectivity index (χ2v) is 4.21. The fourth-order valence-electron chi connectivity index (χ4n) is 1.43. The van der Waals surface area contributed by atoms with Gasteiger partial charge in [-0.1, -0.05) is 46.3 Å². The maximum absolute atomic E-state index is 11.7. The van der Waals surface area contributed by atoms with Crippen LogP contribution in [0, 0.1) is 0 Å². The lowest BCUT2D eigenvalue weighted by atomic mass is 10.2. The lowest BCUT2D eigenvalue weighted by Gasteiger charge is -2.21. The highest BCUT2D eigenvalue weighted by Gasteiger charge is 2.13. The van der Waals surface area contributed by atoms with Gasteiger partial charge in [0.25, 0.3) is 0 Å². The summed E-state index contributed by atoms with van der Waals surface area (Å²) < 4.78 is 0. The first-order chi connectivity index (χ1) is 8.13. The summed E-state index contributed by atoms with van der Waals surface area (Å²) in [5.41, 5.74) is 6.12. The van der Waals surface area contributed by atoms with E-state index in [1.165, 1.54) is 0 Å². The van der Waals surface area contributed by atoms with Crippen molar-refractivity contribution >= 4 is 27.7 Å². The van der Waals surface area contributed by atoms with Crippen LogP contribution < -0.4 is 5.73 Å². The molecule has 1 rings (SSSR count). The minimum absolute atomic E-state index is 0.0462. The number of alkyl halides is 1. The van der Waals surface area contributed by atoms with Gasteiger partial charge in [0, 0.05) is 19.5 Å². The minimum atomic E-state index is -0.398. The van der Waals surface area contributed by atoms with Crippen LogP contribution in [0.2, 0.25) is 0 Å². The summed E-state index contributed by atoms with van der Waals surface area (Å²) in [6.45, 7) is 0.854. The highest BCUT2D eigenvalue weighted by atomic mass is 79.9. The van der Waals surface area contributed by atoms with E-state index < -0.39 is 5.91 Å². The third-order valence-corrected chi connectivity index (χ3v) is 2.79. The summed E-state index contributed by atoms with van der Waals surface area (Å²) in [5.74, 6) is -0.444. The van der Waals surface area contributed by atoms with Crippen LogP contribution in [-0.4, -0.2) is 28.6 Å². The van der Waals surface area contributed by atoms with Gasteiger partial charge >= 0.3 is 0 Å². The van der Waals surface area contributed by atoms with Gasteiger partial charge in [-0.2, -0.15) is 0 Å². The molecular formula is C12H15BrN2O2. The van der Waals surface area contributed by atoms with Crippen LogP contribution in [0.25, 0.3) is 0 Å². The summed E-state index contributed by atoms with van der Waals surface area (Å²) in [5, 5.41) is 0.249. The zero-order valence-electron chi connectivity index (χ0n) is 9.43. The maximum Gasteiger partial charge on any atom is 0.233 e. The SMILES string of the molecule is NC(=O)CCN(Cc1ccccc1)C(=O)CBr. The van der Waals surface area contributed by atoms with Crippen LogP contribution in [0.5, 0.6) is 0 Å². The molecule has 0 saturated carbocycles. The van der Waals surface area contributed by atoms with Crippen molar-refractivity contribution in [1.82, 2.24) is 4.90 Å². The molecule has 92 valence electrons. The Bertz CT molecular complexity index is 381. The molecule has 0 spiro atoms. The predicted molar refractivity (Wildman–Crippen MR) is 69.5 cm³/mol. The summed E-state index contributed by atoms with van der Waals surface area (Å²) in [6.07, 6.45) is 0.186. The van der Waals surface area contributed by atoms with Crippen molar-refractivity contribution < 1.29 is 9.59 Å². The van der Waals surface area contributed by atoms with Crippen molar-refractivity contribution in [2.24, 2.45) is 5.73 Å². The van der Waals surface area contributed by atoms with E-state index in [1.54, 1.807) is 4.90 Å². The number of benzene rings is 1. The molecule has 2 amide bonds. The normalized spacial score (nSPS) is 9.94. The van der Waals surface area contributed by atoms with Gasteiger partial charge in [0.2, 0.25) is 11.8 Å². The molecule has 1 aromatic carbocycles. The van der Waals surface area contributed by atoms with E-state index in [9.17, 15) is 9.59 Å². The Morgan fingerprint density at radius 1 is 1.24 bits per heavy atom. The molecule has 2 N–H and O–H groups in total. The Hall–Kier alpha value is -1.36. The summed E-state index contributed by atoms with van der Waals surface area (Å²) in [7, 11) is 0. The molecule has 17 heavy (non-hydrogen) atoms. The maximum atomic E-state index is 11.7. The quantitative estimate of drug-likeness (QED) is 0.804. The van der Waals surface area contributed by atoms with E-state index in [0.717, 1.165) is 5.56 Å². The Kier molecular flexibility index (Phi) is 5.69. The Labute approximate surface area is 109 Å². The summed E-state index contributed by atoms with van der Waals surface area (Å²) in [6, 6.07) is 9.64. The van der Waals surface area contributed by atoms with Gasteiger partial charge in [-0.25, -0.2) is 0 Å². The number of primary amides is 1. The van der Waals surface area contributed by atoms with Crippen molar-refractivity contribution in [3.05, 3.63) is 35.9 Å². The van der Waals surface area contributed by atoms with Crippen molar-refractivity contribution in [3.63, 3.8) is 0 Å². The molecule has 0 fully saturated rings. The van der Waals surface area contributed by atoms with Gasteiger partial charge in [-0.3, -0.25) is 9.59 Å². The second kappa shape index (κ2) is 7.06. The first-order valence-corrected chi connectivity index (χ1v) is 6.41. The molecule has 0 atom stereocenters. The first kappa shape index (κ1) is 13.7. The molecule has 0 aliphatic carbocycles. The van der Waals surface area contributed by atoms with E-state index in [1.807, 2.05) is 30.3 Å². The van der Waals surface area contributed by atoms with E-state index in [2.05, 4.69) is 15.9 Å². The van der Waals surface area contributed by atoms with Gasteiger partial charge in [-0.05, 0) is 5.56 Å². The number of amides is 2. The minimum Gasteiger partial charge on any atom is -0.370 e. The first-order valence-electron chi connectivity index (χ1n) is 5.29. The number of hydrogen-bond donors (Lipinski definition) is 1. The largest absolute Gasteiger partial charge is 0.370 e. The number of rotatable bonds is 6. The molecule has 0 aliphatic heterocycles. The molecule has 1 aromatic rings. The number of halogens is 1. The van der Waals surface area contributed by atoms with Crippen LogP contribution in [-0.2, 0) is 16.1 Å². The monoisotopic (exact) mass is 298 g/mol. The van der Waals surface area contributed by atoms with E-state index >= 15 is 0 Å². The number of nitrogens with zero attached hydrogens (tertiary/aromatic N) is 1. The average Bonchev–Trinajstić information content (AvgIpc) is 2.34. The van der Waals surface area contributed by atoms with Crippen molar-refractivity contribution in [1.29, 1.82) is 0 Å². The third-order valence-electron chi connectivity index (χ3n) is 2.31. The fraction of sp³-hybridized carbons (Fsp3) is 0.333. The Morgan fingerprint density at radius 2 is 1.88 bits per heavy atom. The summed E-state index contributed by atoms with van der Waals surface area (Å²) in [4.78, 5) is 24.0. The van der Waals surface area contributed by atoms with Crippen LogP contribution in [0.1, 0.15) is 12.0 Å². The van der Waals surface area contributed by atoms with Crippen LogP contribution in [0.4, 0.5) is 0 Å². The summed E-state index contributed by atoms with van der Waals surface area (Å²) >= 11 is 3.13. The van der Waals surface area contributed by atoms with Gasteiger partial charge in [-0.15, -0.1) is 0 Å². The molecule has 0 aromatic heterocycles. The number of nitrogens with two attached hydrogens (primary N) is 1. The van der Waals surface area contributed by atoms with Gasteiger partial charge < -0.3 is 10.6 Å². The van der Waals surface area contributed by atoms with Gasteiger partial charge in [0.05, 0.1) is 5.33 Å². The zero-order valence-corrected chi connectivity index (χ0v) is 11.0. The van der Waals surface area contributed by atoms with Crippen LogP contribution in [0.15, 0.2) is 30.3 Å². The smallest absolute Gasteiger partial charge is 0.233 e. The zero-order chi connectivity index (χ0) is 12.7. The van der Waals surface area contributed by atoms with Crippen molar-refractivity contribution in [3.8, 4) is 0 Å². The predicted octanol–water partition coefficient (Wildman–Crippen LogP) is 1.29. The van der Waals surface area contributed by atoms with Crippen molar-refractivity contribution in [2.45, 2.75) is 13.0 Å². The topological polar surface area (TPSA) is 63.4 Å². The van der Waals surface area contributed by atoms with Gasteiger partial charge in [0.15, 0.2) is 0 Å². The molecule has 0 saturated heterocycles. The van der Waals surface area contributed by atoms with Crippen molar-refractivity contribution in [2.75, 3.05) is 11.9 Å². The number of carbonyl (C=O) groups excluding carboxylic acids is 2. The molecule has 0 bridgehead atoms. The highest BCUT2D eigenvalue weighted by molar-refractivity contribution is 9.09. The fourth-order valence-corrected chi connectivity index (χ4v) is 1.78. The molecule has 4 nitrogen and oxygen atoms in total. The second-order valence-electron chi connectivity index (χ2n) is 3.65. The number of hydrogen-bond acceptors (Lipinski definition) is 2. The molecule has 0 unspecified atom stereocenters. The third kappa shape index (κ3) is 4.99. The lowest BCUT2D eigenvalue weighted by molar-refractivity contribution is -0.129. The Balaban J connectivity index is 2.63. The Morgan fingerprint density at radius 3 is 2.41 bits per heavy atom. The molecule has 0 heterocycles.